The first-order chi connectivity index (χ1) is 10.9. The number of carbonyl (C=O) groups excluding carboxylic acids is 1. The number of hydrogen-bond donors (Lipinski definition) is 1. The minimum atomic E-state index is -1.16. The van der Waals surface area contributed by atoms with E-state index in [1.165, 1.54) is 11.9 Å². The van der Waals surface area contributed by atoms with E-state index >= 15 is 0 Å². The van der Waals surface area contributed by atoms with Crippen LogP contribution in [0.2, 0.25) is 0 Å². The molecule has 0 radical (unpaired) electrons. The minimum absolute atomic E-state index is 0.0633. The third-order valence-corrected chi connectivity index (χ3v) is 3.04. The molecule has 0 spiro atoms. The lowest BCUT2D eigenvalue weighted by atomic mass is 10.3. The van der Waals surface area contributed by atoms with E-state index in [0.717, 1.165) is 12.3 Å². The fraction of sp³-hybridized carbons (Fsp3) is 0.429. The first kappa shape index (κ1) is 16.7. The second-order valence-corrected chi connectivity index (χ2v) is 4.81. The first-order valence-electron chi connectivity index (χ1n) is 6.93. The van der Waals surface area contributed by atoms with Gasteiger partial charge in [0.2, 0.25) is 5.89 Å². The summed E-state index contributed by atoms with van der Waals surface area (Å²) < 4.78 is 15.4. The largest absolute Gasteiger partial charge is 0.478 e. The summed E-state index contributed by atoms with van der Waals surface area (Å²) in [4.78, 5) is 28.4. The normalized spacial score (nSPS) is 12.1. The molecule has 124 valence electrons. The van der Waals surface area contributed by atoms with Crippen LogP contribution >= 0.6 is 0 Å². The van der Waals surface area contributed by atoms with E-state index in [1.807, 2.05) is 6.92 Å². The quantitative estimate of drug-likeness (QED) is 0.818. The molecule has 0 saturated heterocycles. The van der Waals surface area contributed by atoms with Gasteiger partial charge in [0.25, 0.3) is 5.91 Å². The second kappa shape index (κ2) is 7.05. The van der Waals surface area contributed by atoms with Crippen molar-refractivity contribution in [1.82, 2.24) is 15.0 Å². The summed E-state index contributed by atoms with van der Waals surface area (Å²) in [5, 5.41) is 12.6. The van der Waals surface area contributed by atoms with Crippen LogP contribution in [0.5, 0.6) is 0 Å². The summed E-state index contributed by atoms with van der Waals surface area (Å²) in [6.07, 6.45) is 0.708. The van der Waals surface area contributed by atoms with Gasteiger partial charge in [-0.25, -0.2) is 4.79 Å². The molecule has 0 aromatic carbocycles. The number of aromatic nitrogens is 2. The molecule has 0 aliphatic carbocycles. The van der Waals surface area contributed by atoms with Gasteiger partial charge < -0.3 is 23.7 Å². The molecule has 2 aromatic rings. The zero-order chi connectivity index (χ0) is 17.0. The number of ether oxygens (including phenoxy) is 1. The molecule has 0 fully saturated rings. The van der Waals surface area contributed by atoms with Crippen LogP contribution < -0.4 is 0 Å². The molecule has 1 N–H and O–H groups in total. The van der Waals surface area contributed by atoms with Gasteiger partial charge in [0, 0.05) is 19.7 Å². The van der Waals surface area contributed by atoms with Crippen molar-refractivity contribution in [2.24, 2.45) is 0 Å². The molecule has 1 amide bonds. The van der Waals surface area contributed by atoms with Crippen molar-refractivity contribution in [1.29, 1.82) is 0 Å². The molecule has 2 rings (SSSR count). The minimum Gasteiger partial charge on any atom is -0.478 e. The number of rotatable bonds is 7. The van der Waals surface area contributed by atoms with Crippen molar-refractivity contribution < 1.29 is 28.4 Å². The van der Waals surface area contributed by atoms with Gasteiger partial charge in [-0.05, 0) is 13.8 Å². The van der Waals surface area contributed by atoms with Crippen molar-refractivity contribution >= 4 is 11.9 Å². The Morgan fingerprint density at radius 2 is 2.22 bits per heavy atom. The van der Waals surface area contributed by atoms with Crippen molar-refractivity contribution in [2.45, 2.75) is 26.5 Å². The molecule has 0 aliphatic heterocycles. The zero-order valence-corrected chi connectivity index (χ0v) is 13.0. The Morgan fingerprint density at radius 1 is 1.48 bits per heavy atom. The monoisotopic (exact) mass is 323 g/mol. The number of furan rings is 1. The third-order valence-electron chi connectivity index (χ3n) is 3.04. The lowest BCUT2D eigenvalue weighted by molar-refractivity contribution is 0.0681. The van der Waals surface area contributed by atoms with Gasteiger partial charge in [0.15, 0.2) is 11.6 Å². The van der Waals surface area contributed by atoms with Gasteiger partial charge in [0.05, 0.1) is 5.56 Å². The Morgan fingerprint density at radius 3 is 2.83 bits per heavy atom. The van der Waals surface area contributed by atoms with Crippen LogP contribution in [-0.2, 0) is 11.3 Å². The van der Waals surface area contributed by atoms with Crippen LogP contribution in [0.3, 0.4) is 0 Å². The lowest BCUT2D eigenvalue weighted by Gasteiger charge is -2.12. The fourth-order valence-corrected chi connectivity index (χ4v) is 1.85. The van der Waals surface area contributed by atoms with E-state index in [9.17, 15) is 9.59 Å². The van der Waals surface area contributed by atoms with E-state index in [1.54, 1.807) is 6.92 Å². The molecular weight excluding hydrogens is 306 g/mol. The number of nitrogens with zero attached hydrogens (tertiary/aromatic N) is 3. The van der Waals surface area contributed by atoms with Crippen LogP contribution in [0.4, 0.5) is 0 Å². The van der Waals surface area contributed by atoms with Crippen molar-refractivity contribution in [2.75, 3.05) is 13.7 Å². The summed E-state index contributed by atoms with van der Waals surface area (Å²) in [6, 6.07) is 1.16. The predicted molar refractivity (Wildman–Crippen MR) is 75.8 cm³/mol. The van der Waals surface area contributed by atoms with E-state index in [4.69, 9.17) is 18.8 Å². The Bertz CT molecular complexity index is 692. The van der Waals surface area contributed by atoms with Gasteiger partial charge in [-0.2, -0.15) is 4.98 Å². The molecule has 9 heteroatoms. The molecule has 0 aliphatic rings. The average molecular weight is 323 g/mol. The van der Waals surface area contributed by atoms with Crippen LogP contribution in [-0.4, -0.2) is 45.7 Å². The molecule has 2 aromatic heterocycles. The molecule has 0 bridgehead atoms. The summed E-state index contributed by atoms with van der Waals surface area (Å²) in [5.41, 5.74) is -0.0904. The average Bonchev–Trinajstić information content (AvgIpc) is 3.15. The highest BCUT2D eigenvalue weighted by molar-refractivity contribution is 5.95. The highest BCUT2D eigenvalue weighted by Crippen LogP contribution is 2.15. The van der Waals surface area contributed by atoms with Crippen molar-refractivity contribution in [3.8, 4) is 0 Å². The maximum absolute atomic E-state index is 12.2. The van der Waals surface area contributed by atoms with Crippen LogP contribution in [0.15, 0.2) is 21.3 Å². The Hall–Kier alpha value is -2.68. The smallest absolute Gasteiger partial charge is 0.338 e. The molecule has 1 atom stereocenters. The van der Waals surface area contributed by atoms with E-state index < -0.39 is 11.9 Å². The number of carbonyl (C=O) groups is 2. The van der Waals surface area contributed by atoms with E-state index in [0.29, 0.717) is 12.4 Å². The topological polar surface area (TPSA) is 119 Å². The summed E-state index contributed by atoms with van der Waals surface area (Å²) in [6.45, 7) is 4.24. The second-order valence-electron chi connectivity index (χ2n) is 4.81. The summed E-state index contributed by atoms with van der Waals surface area (Å²) in [7, 11) is 1.52. The molecule has 1 unspecified atom stereocenters. The Balaban J connectivity index is 2.01. The molecule has 9 nitrogen and oxygen atoms in total. The molecule has 23 heavy (non-hydrogen) atoms. The molecule has 2 heterocycles. The fourth-order valence-electron chi connectivity index (χ4n) is 1.85. The number of carboxylic acids is 1. The summed E-state index contributed by atoms with van der Waals surface area (Å²) >= 11 is 0. The highest BCUT2D eigenvalue weighted by Gasteiger charge is 2.21. The van der Waals surface area contributed by atoms with Crippen molar-refractivity contribution in [3.05, 3.63) is 35.4 Å². The first-order valence-corrected chi connectivity index (χ1v) is 6.93. The van der Waals surface area contributed by atoms with Gasteiger partial charge in [-0.15, -0.1) is 0 Å². The Labute approximate surface area is 131 Å². The van der Waals surface area contributed by atoms with Gasteiger partial charge >= 0.3 is 5.97 Å². The number of carboxylic acid groups (broad SMARTS) is 1. The zero-order valence-electron chi connectivity index (χ0n) is 13.0. The maximum atomic E-state index is 12.2. The number of hydrogen-bond acceptors (Lipinski definition) is 7. The van der Waals surface area contributed by atoms with Gasteiger partial charge in [0.1, 0.15) is 18.9 Å². The van der Waals surface area contributed by atoms with Crippen LogP contribution in [0.1, 0.15) is 52.6 Å². The van der Waals surface area contributed by atoms with Crippen molar-refractivity contribution in [3.63, 3.8) is 0 Å². The SMILES string of the molecule is CCOC(C)c1noc(CN(C)C(=O)c2cc(C(=O)O)co2)n1. The van der Waals surface area contributed by atoms with Gasteiger partial charge in [-0.3, -0.25) is 4.79 Å². The lowest BCUT2D eigenvalue weighted by Crippen LogP contribution is -2.26. The highest BCUT2D eigenvalue weighted by atomic mass is 16.5. The van der Waals surface area contributed by atoms with Crippen LogP contribution in [0, 0.1) is 0 Å². The van der Waals surface area contributed by atoms with E-state index in [-0.39, 0.29) is 29.9 Å². The maximum Gasteiger partial charge on any atom is 0.338 e. The Kier molecular flexibility index (Phi) is 5.12. The van der Waals surface area contributed by atoms with Gasteiger partial charge in [-0.1, -0.05) is 5.16 Å². The predicted octanol–water partition coefficient (Wildman–Crippen LogP) is 1.73. The number of amides is 1. The third kappa shape index (κ3) is 3.95. The molecule has 0 saturated carbocycles. The summed E-state index contributed by atoms with van der Waals surface area (Å²) in [5.74, 6) is -1.09. The standard InChI is InChI=1S/C14H17N3O6/c1-4-21-8(2)12-15-11(23-16-12)6-17(3)13(18)10-5-9(7-22-10)14(19)20/h5,7-8H,4,6H2,1-3H3,(H,19,20). The number of aromatic carboxylic acids is 1. The van der Waals surface area contributed by atoms with Crippen LogP contribution in [0.25, 0.3) is 0 Å². The molecular formula is C14H17N3O6. The van der Waals surface area contributed by atoms with E-state index in [2.05, 4.69) is 10.1 Å².